The summed E-state index contributed by atoms with van der Waals surface area (Å²) in [5, 5.41) is 7.21. The fourth-order valence-corrected chi connectivity index (χ4v) is 1.63. The van der Waals surface area contributed by atoms with Crippen LogP contribution in [0.3, 0.4) is 0 Å². The maximum absolute atomic E-state index is 12.3. The summed E-state index contributed by atoms with van der Waals surface area (Å²) in [6.07, 6.45) is -6.30. The standard InChI is InChI=1S/C10H10BrF3N2O/c1-5(10(12,13)14)17-6-2-3-7(9(15)16)8(11)4-6/h2-5H,1H3,(H3,15,16). The fraction of sp³-hybridized carbons (Fsp3) is 0.300. The second-order valence-corrected chi connectivity index (χ2v) is 4.21. The first-order valence-electron chi connectivity index (χ1n) is 4.59. The van der Waals surface area contributed by atoms with Crippen molar-refractivity contribution >= 4 is 21.8 Å². The zero-order valence-corrected chi connectivity index (χ0v) is 10.4. The van der Waals surface area contributed by atoms with E-state index in [1.165, 1.54) is 18.2 Å². The van der Waals surface area contributed by atoms with Crippen molar-refractivity contribution in [3.63, 3.8) is 0 Å². The molecule has 0 spiro atoms. The van der Waals surface area contributed by atoms with E-state index in [-0.39, 0.29) is 11.6 Å². The molecule has 0 aliphatic heterocycles. The molecule has 0 bridgehead atoms. The first-order valence-corrected chi connectivity index (χ1v) is 5.38. The molecule has 94 valence electrons. The predicted molar refractivity (Wildman–Crippen MR) is 61.3 cm³/mol. The van der Waals surface area contributed by atoms with E-state index in [0.29, 0.717) is 10.0 Å². The Morgan fingerprint density at radius 3 is 2.47 bits per heavy atom. The van der Waals surface area contributed by atoms with Crippen LogP contribution in [0.2, 0.25) is 0 Å². The van der Waals surface area contributed by atoms with E-state index in [4.69, 9.17) is 15.9 Å². The first kappa shape index (κ1) is 13.8. The number of nitrogen functional groups attached to an aromatic ring is 1. The largest absolute Gasteiger partial charge is 0.481 e. The lowest BCUT2D eigenvalue weighted by atomic mass is 10.2. The van der Waals surface area contributed by atoms with Crippen LogP contribution >= 0.6 is 15.9 Å². The van der Waals surface area contributed by atoms with Crippen molar-refractivity contribution in [1.29, 1.82) is 5.41 Å². The highest BCUT2D eigenvalue weighted by Crippen LogP contribution is 2.28. The molecule has 1 atom stereocenters. The van der Waals surface area contributed by atoms with E-state index in [0.717, 1.165) is 6.92 Å². The topological polar surface area (TPSA) is 59.1 Å². The van der Waals surface area contributed by atoms with Crippen molar-refractivity contribution in [2.45, 2.75) is 19.2 Å². The number of nitrogens with one attached hydrogen (secondary N) is 1. The Bertz CT molecular complexity index is 434. The zero-order chi connectivity index (χ0) is 13.2. The number of alkyl halides is 3. The lowest BCUT2D eigenvalue weighted by Crippen LogP contribution is -2.31. The molecule has 0 heterocycles. The van der Waals surface area contributed by atoms with Crippen LogP contribution in [0.25, 0.3) is 0 Å². The summed E-state index contributed by atoms with van der Waals surface area (Å²) < 4.78 is 41.9. The van der Waals surface area contributed by atoms with Gasteiger partial charge in [0.2, 0.25) is 0 Å². The van der Waals surface area contributed by atoms with Crippen molar-refractivity contribution in [3.8, 4) is 5.75 Å². The maximum atomic E-state index is 12.3. The molecule has 1 unspecified atom stereocenters. The minimum atomic E-state index is -4.41. The molecule has 0 aromatic heterocycles. The highest BCUT2D eigenvalue weighted by molar-refractivity contribution is 9.10. The van der Waals surface area contributed by atoms with E-state index in [9.17, 15) is 13.2 Å². The molecule has 0 saturated heterocycles. The average Bonchev–Trinajstić information content (AvgIpc) is 2.15. The molecular formula is C10H10BrF3N2O. The van der Waals surface area contributed by atoms with Crippen molar-refractivity contribution in [3.05, 3.63) is 28.2 Å². The third-order valence-corrected chi connectivity index (χ3v) is 2.66. The molecule has 0 aliphatic carbocycles. The van der Waals surface area contributed by atoms with E-state index in [2.05, 4.69) is 15.9 Å². The molecule has 0 saturated carbocycles. The molecule has 3 nitrogen and oxygen atoms in total. The first-order chi connectivity index (χ1) is 7.71. The quantitative estimate of drug-likeness (QED) is 0.666. The van der Waals surface area contributed by atoms with Crippen molar-refractivity contribution < 1.29 is 17.9 Å². The fourth-order valence-electron chi connectivity index (χ4n) is 1.06. The number of hydrogen-bond donors (Lipinski definition) is 2. The van der Waals surface area contributed by atoms with Crippen LogP contribution in [0.15, 0.2) is 22.7 Å². The number of ether oxygens (including phenoxy) is 1. The van der Waals surface area contributed by atoms with Gasteiger partial charge in [0.1, 0.15) is 11.6 Å². The molecule has 17 heavy (non-hydrogen) atoms. The maximum Gasteiger partial charge on any atom is 0.425 e. The van der Waals surface area contributed by atoms with Gasteiger partial charge in [-0.1, -0.05) is 0 Å². The summed E-state index contributed by atoms with van der Waals surface area (Å²) >= 11 is 3.11. The Hall–Kier alpha value is -1.24. The zero-order valence-electron chi connectivity index (χ0n) is 8.81. The molecule has 0 aliphatic rings. The van der Waals surface area contributed by atoms with Gasteiger partial charge in [-0.3, -0.25) is 5.41 Å². The molecule has 1 rings (SSSR count). The summed E-state index contributed by atoms with van der Waals surface area (Å²) in [4.78, 5) is 0. The lowest BCUT2D eigenvalue weighted by Gasteiger charge is -2.18. The van der Waals surface area contributed by atoms with Crippen LogP contribution in [-0.4, -0.2) is 18.1 Å². The van der Waals surface area contributed by atoms with Crippen molar-refractivity contribution in [1.82, 2.24) is 0 Å². The van der Waals surface area contributed by atoms with E-state index >= 15 is 0 Å². The van der Waals surface area contributed by atoms with Crippen LogP contribution in [0, 0.1) is 5.41 Å². The van der Waals surface area contributed by atoms with Gasteiger partial charge >= 0.3 is 6.18 Å². The van der Waals surface area contributed by atoms with Gasteiger partial charge in [-0.15, -0.1) is 0 Å². The summed E-state index contributed by atoms with van der Waals surface area (Å²) in [5.74, 6) is -0.112. The molecule has 7 heteroatoms. The van der Waals surface area contributed by atoms with Gasteiger partial charge in [-0.05, 0) is 41.1 Å². The SMILES string of the molecule is CC(Oc1ccc(C(=N)N)c(Br)c1)C(F)(F)F. The van der Waals surface area contributed by atoms with Crippen LogP contribution in [0.4, 0.5) is 13.2 Å². The van der Waals surface area contributed by atoms with Gasteiger partial charge in [-0.2, -0.15) is 13.2 Å². The Morgan fingerprint density at radius 1 is 1.47 bits per heavy atom. The average molecular weight is 311 g/mol. The van der Waals surface area contributed by atoms with Gasteiger partial charge in [-0.25, -0.2) is 0 Å². The Labute approximate surface area is 104 Å². The minimum Gasteiger partial charge on any atom is -0.481 e. The molecule has 1 aromatic carbocycles. The third kappa shape index (κ3) is 3.62. The van der Waals surface area contributed by atoms with Crippen LogP contribution in [0.5, 0.6) is 5.75 Å². The summed E-state index contributed by atoms with van der Waals surface area (Å²) in [7, 11) is 0. The molecule has 1 aromatic rings. The van der Waals surface area contributed by atoms with Crippen LogP contribution < -0.4 is 10.5 Å². The van der Waals surface area contributed by atoms with E-state index in [1.807, 2.05) is 0 Å². The molecule has 0 radical (unpaired) electrons. The Kier molecular flexibility index (Phi) is 4.03. The van der Waals surface area contributed by atoms with Gasteiger partial charge in [0, 0.05) is 10.0 Å². The number of rotatable bonds is 3. The highest BCUT2D eigenvalue weighted by Gasteiger charge is 2.38. The normalized spacial score (nSPS) is 13.2. The molecule has 0 amide bonds. The molecular weight excluding hydrogens is 301 g/mol. The number of nitrogens with two attached hydrogens (primary N) is 1. The smallest absolute Gasteiger partial charge is 0.425 e. The number of amidine groups is 1. The minimum absolute atomic E-state index is 0.0618. The van der Waals surface area contributed by atoms with Crippen molar-refractivity contribution in [2.75, 3.05) is 0 Å². The molecule has 3 N–H and O–H groups in total. The summed E-state index contributed by atoms with van der Waals surface area (Å²) in [6.45, 7) is 0.923. The second kappa shape index (κ2) is 4.95. The van der Waals surface area contributed by atoms with E-state index < -0.39 is 12.3 Å². The lowest BCUT2D eigenvalue weighted by molar-refractivity contribution is -0.189. The number of hydrogen-bond acceptors (Lipinski definition) is 2. The summed E-state index contributed by atoms with van der Waals surface area (Å²) in [6, 6.07) is 4.10. The van der Waals surface area contributed by atoms with Crippen LogP contribution in [0.1, 0.15) is 12.5 Å². The van der Waals surface area contributed by atoms with Crippen molar-refractivity contribution in [2.24, 2.45) is 5.73 Å². The molecule has 0 fully saturated rings. The Morgan fingerprint density at radius 2 is 2.06 bits per heavy atom. The third-order valence-electron chi connectivity index (χ3n) is 2.00. The van der Waals surface area contributed by atoms with Gasteiger partial charge in [0.25, 0.3) is 0 Å². The number of halogens is 4. The van der Waals surface area contributed by atoms with Gasteiger partial charge in [0.15, 0.2) is 6.10 Å². The summed E-state index contributed by atoms with van der Waals surface area (Å²) in [5.41, 5.74) is 5.67. The monoisotopic (exact) mass is 310 g/mol. The predicted octanol–water partition coefficient (Wildman–Crippen LogP) is 3.06. The number of benzene rings is 1. The van der Waals surface area contributed by atoms with E-state index in [1.54, 1.807) is 0 Å². The van der Waals surface area contributed by atoms with Gasteiger partial charge < -0.3 is 10.5 Å². The highest BCUT2D eigenvalue weighted by atomic mass is 79.9. The second-order valence-electron chi connectivity index (χ2n) is 3.36. The van der Waals surface area contributed by atoms with Crippen LogP contribution in [-0.2, 0) is 0 Å². The van der Waals surface area contributed by atoms with Gasteiger partial charge in [0.05, 0.1) is 0 Å². The Balaban J connectivity index is 2.88.